The average Bonchev–Trinajstić information content (AvgIpc) is 2.75. The Balaban J connectivity index is 2.27. The number of nitrogens with zero attached hydrogens (tertiary/aromatic N) is 3. The second-order valence-corrected chi connectivity index (χ2v) is 6.01. The van der Waals surface area contributed by atoms with E-state index in [1.165, 1.54) is 4.68 Å². The van der Waals surface area contributed by atoms with Crippen LogP contribution in [0.25, 0.3) is 0 Å². The molecule has 6 nitrogen and oxygen atoms in total. The van der Waals surface area contributed by atoms with Crippen molar-refractivity contribution in [1.29, 1.82) is 0 Å². The number of halogens is 1. The average molecular weight is 353 g/mol. The van der Waals surface area contributed by atoms with Gasteiger partial charge in [-0.3, -0.25) is 10.1 Å². The summed E-state index contributed by atoms with van der Waals surface area (Å²) in [6.45, 7) is 4.30. The van der Waals surface area contributed by atoms with E-state index in [1.807, 2.05) is 38.1 Å². The maximum absolute atomic E-state index is 11.3. The first-order valence-corrected chi connectivity index (χ1v) is 7.39. The molecule has 0 amide bonds. The highest BCUT2D eigenvalue weighted by molar-refractivity contribution is 9.10. The Hall–Kier alpha value is -1.89. The zero-order chi connectivity index (χ0) is 15.6. The maximum atomic E-state index is 11.3. The molecule has 0 radical (unpaired) electrons. The van der Waals surface area contributed by atoms with E-state index >= 15 is 0 Å². The molecule has 0 bridgehead atoms. The van der Waals surface area contributed by atoms with Gasteiger partial charge in [0.1, 0.15) is 5.69 Å². The number of aryl methyl sites for hydroxylation is 1. The van der Waals surface area contributed by atoms with Crippen molar-refractivity contribution in [3.8, 4) is 0 Å². The predicted octanol–water partition coefficient (Wildman–Crippen LogP) is 3.83. The van der Waals surface area contributed by atoms with Gasteiger partial charge in [-0.2, -0.15) is 5.10 Å². The number of nitrogens with one attached hydrogen (secondary N) is 1. The Labute approximate surface area is 131 Å². The summed E-state index contributed by atoms with van der Waals surface area (Å²) in [5.41, 5.74) is 1.60. The molecule has 1 N–H and O–H groups in total. The summed E-state index contributed by atoms with van der Waals surface area (Å²) in [6, 6.07) is 7.80. The fourth-order valence-electron chi connectivity index (χ4n) is 2.09. The largest absolute Gasteiger partial charge is 0.360 e. The van der Waals surface area contributed by atoms with Crippen LogP contribution in [0.4, 0.5) is 11.5 Å². The molecule has 0 saturated carbocycles. The number of rotatable bonds is 5. The third kappa shape index (κ3) is 3.41. The molecular weight excluding hydrogens is 336 g/mol. The molecule has 7 heteroatoms. The van der Waals surface area contributed by atoms with Crippen molar-refractivity contribution >= 4 is 27.4 Å². The van der Waals surface area contributed by atoms with Crippen molar-refractivity contribution in [3.63, 3.8) is 0 Å². The van der Waals surface area contributed by atoms with Crippen LogP contribution in [0.3, 0.4) is 0 Å². The van der Waals surface area contributed by atoms with E-state index in [-0.39, 0.29) is 16.5 Å². The molecule has 0 saturated heterocycles. The van der Waals surface area contributed by atoms with Crippen LogP contribution in [0, 0.1) is 10.1 Å². The summed E-state index contributed by atoms with van der Waals surface area (Å²) in [4.78, 5) is 11.0. The Bertz CT molecular complexity index is 650. The Morgan fingerprint density at radius 1 is 1.38 bits per heavy atom. The monoisotopic (exact) mass is 352 g/mol. The minimum Gasteiger partial charge on any atom is -0.360 e. The third-order valence-corrected chi connectivity index (χ3v) is 3.68. The van der Waals surface area contributed by atoms with E-state index in [2.05, 4.69) is 26.3 Å². The first kappa shape index (κ1) is 15.5. The number of anilines is 1. The van der Waals surface area contributed by atoms with Gasteiger partial charge in [-0.1, -0.05) is 41.9 Å². The summed E-state index contributed by atoms with van der Waals surface area (Å²) in [6.07, 6.45) is 0. The number of nitro groups is 1. The molecule has 21 heavy (non-hydrogen) atoms. The summed E-state index contributed by atoms with van der Waals surface area (Å²) in [5, 5.41) is 18.7. The first-order chi connectivity index (χ1) is 9.90. The lowest BCUT2D eigenvalue weighted by atomic mass is 10.1. The molecule has 1 aromatic carbocycles. The molecule has 0 aliphatic heterocycles. The molecule has 0 unspecified atom stereocenters. The zero-order valence-corrected chi connectivity index (χ0v) is 13.7. The molecule has 1 heterocycles. The van der Waals surface area contributed by atoms with Crippen molar-refractivity contribution < 1.29 is 4.92 Å². The lowest BCUT2D eigenvalue weighted by Gasteiger charge is -2.06. The van der Waals surface area contributed by atoms with Gasteiger partial charge in [0.05, 0.1) is 4.92 Å². The van der Waals surface area contributed by atoms with Crippen LogP contribution in [0.2, 0.25) is 0 Å². The van der Waals surface area contributed by atoms with Crippen LogP contribution in [0.1, 0.15) is 31.0 Å². The predicted molar refractivity (Wildman–Crippen MR) is 85.4 cm³/mol. The minimum atomic E-state index is -0.369. The quantitative estimate of drug-likeness (QED) is 0.655. The SMILES string of the molecule is CC(C)c1nn(C)c(NCc2ccc(Br)cc2)c1[N+](=O)[O-]. The number of hydrogen-bond acceptors (Lipinski definition) is 4. The zero-order valence-electron chi connectivity index (χ0n) is 12.1. The number of benzene rings is 1. The summed E-state index contributed by atoms with van der Waals surface area (Å²) >= 11 is 3.38. The van der Waals surface area contributed by atoms with Gasteiger partial charge in [-0.05, 0) is 17.7 Å². The molecule has 0 aliphatic carbocycles. The highest BCUT2D eigenvalue weighted by Gasteiger charge is 2.28. The molecular formula is C14H17BrN4O2. The van der Waals surface area contributed by atoms with Crippen LogP contribution in [-0.2, 0) is 13.6 Å². The van der Waals surface area contributed by atoms with E-state index in [4.69, 9.17) is 0 Å². The summed E-state index contributed by atoms with van der Waals surface area (Å²) in [7, 11) is 1.71. The van der Waals surface area contributed by atoms with Gasteiger partial charge >= 0.3 is 5.69 Å². The van der Waals surface area contributed by atoms with E-state index in [9.17, 15) is 10.1 Å². The van der Waals surface area contributed by atoms with E-state index in [0.29, 0.717) is 18.1 Å². The van der Waals surface area contributed by atoms with Crippen molar-refractivity contribution in [2.45, 2.75) is 26.3 Å². The van der Waals surface area contributed by atoms with Gasteiger partial charge in [0.2, 0.25) is 5.82 Å². The molecule has 2 rings (SSSR count). The molecule has 2 aromatic rings. The fraction of sp³-hybridized carbons (Fsp3) is 0.357. The van der Waals surface area contributed by atoms with Crippen LogP contribution in [0.15, 0.2) is 28.7 Å². The highest BCUT2D eigenvalue weighted by atomic mass is 79.9. The number of hydrogen-bond donors (Lipinski definition) is 1. The van der Waals surface area contributed by atoms with Gasteiger partial charge in [0.25, 0.3) is 0 Å². The first-order valence-electron chi connectivity index (χ1n) is 6.59. The molecule has 0 atom stereocenters. The maximum Gasteiger partial charge on any atom is 0.334 e. The van der Waals surface area contributed by atoms with Crippen LogP contribution in [0.5, 0.6) is 0 Å². The Kier molecular flexibility index (Phi) is 4.62. The third-order valence-electron chi connectivity index (χ3n) is 3.15. The van der Waals surface area contributed by atoms with Crippen molar-refractivity contribution in [2.24, 2.45) is 7.05 Å². The standard InChI is InChI=1S/C14H17BrN4O2/c1-9(2)12-13(19(20)21)14(18(3)17-12)16-8-10-4-6-11(15)7-5-10/h4-7,9,16H,8H2,1-3H3. The molecule has 0 aliphatic rings. The van der Waals surface area contributed by atoms with Gasteiger partial charge < -0.3 is 5.32 Å². The second-order valence-electron chi connectivity index (χ2n) is 5.10. The molecule has 1 aromatic heterocycles. The van der Waals surface area contributed by atoms with Crippen molar-refractivity contribution in [2.75, 3.05) is 5.32 Å². The van der Waals surface area contributed by atoms with Crippen molar-refractivity contribution in [3.05, 3.63) is 50.1 Å². The van der Waals surface area contributed by atoms with Crippen LogP contribution < -0.4 is 5.32 Å². The topological polar surface area (TPSA) is 73.0 Å². The van der Waals surface area contributed by atoms with Gasteiger partial charge in [0, 0.05) is 24.0 Å². The minimum absolute atomic E-state index is 0.000157. The number of aromatic nitrogens is 2. The van der Waals surface area contributed by atoms with E-state index in [0.717, 1.165) is 10.0 Å². The second kappa shape index (κ2) is 6.26. The van der Waals surface area contributed by atoms with Crippen LogP contribution in [-0.4, -0.2) is 14.7 Å². The van der Waals surface area contributed by atoms with Crippen LogP contribution >= 0.6 is 15.9 Å². The van der Waals surface area contributed by atoms with E-state index < -0.39 is 0 Å². The summed E-state index contributed by atoms with van der Waals surface area (Å²) in [5.74, 6) is 0.437. The van der Waals surface area contributed by atoms with Gasteiger partial charge in [-0.25, -0.2) is 4.68 Å². The Morgan fingerprint density at radius 3 is 2.52 bits per heavy atom. The molecule has 0 spiro atoms. The lowest BCUT2D eigenvalue weighted by molar-refractivity contribution is -0.384. The van der Waals surface area contributed by atoms with Gasteiger partial charge in [0.15, 0.2) is 0 Å². The molecule has 0 fully saturated rings. The lowest BCUT2D eigenvalue weighted by Crippen LogP contribution is -2.06. The Morgan fingerprint density at radius 2 is 2.00 bits per heavy atom. The van der Waals surface area contributed by atoms with Crippen molar-refractivity contribution in [1.82, 2.24) is 9.78 Å². The van der Waals surface area contributed by atoms with E-state index in [1.54, 1.807) is 7.05 Å². The molecule has 112 valence electrons. The summed E-state index contributed by atoms with van der Waals surface area (Å²) < 4.78 is 2.53. The normalized spacial score (nSPS) is 10.9. The smallest absolute Gasteiger partial charge is 0.334 e. The fourth-order valence-corrected chi connectivity index (χ4v) is 2.35. The highest BCUT2D eigenvalue weighted by Crippen LogP contribution is 2.33. The van der Waals surface area contributed by atoms with Gasteiger partial charge in [-0.15, -0.1) is 0 Å².